The number of amides is 1. The highest BCUT2D eigenvalue weighted by molar-refractivity contribution is 5.76. The number of hydrogen-bond donors (Lipinski definition) is 1. The molecule has 1 fully saturated rings. The number of rotatable bonds is 7. The van der Waals surface area contributed by atoms with E-state index in [9.17, 15) is 4.79 Å². The summed E-state index contributed by atoms with van der Waals surface area (Å²) in [6.45, 7) is 3.93. The molecule has 0 aliphatic carbocycles. The fourth-order valence-electron chi connectivity index (χ4n) is 3.11. The van der Waals surface area contributed by atoms with Crippen LogP contribution in [0.15, 0.2) is 48.9 Å². The molecule has 1 aliphatic rings. The molecule has 1 aromatic heterocycles. The maximum atomic E-state index is 12.0. The summed E-state index contributed by atoms with van der Waals surface area (Å²) in [5.41, 5.74) is 2.22. The lowest BCUT2D eigenvalue weighted by Gasteiger charge is -2.16. The molecule has 0 unspecified atom stereocenters. The summed E-state index contributed by atoms with van der Waals surface area (Å²) in [6, 6.07) is 10.6. The quantitative estimate of drug-likeness (QED) is 0.847. The van der Waals surface area contributed by atoms with Crippen LogP contribution in [0.2, 0.25) is 0 Å². The third-order valence-corrected chi connectivity index (χ3v) is 4.43. The van der Waals surface area contributed by atoms with Crippen LogP contribution in [-0.4, -0.2) is 40.4 Å². The van der Waals surface area contributed by atoms with Crippen molar-refractivity contribution in [1.29, 1.82) is 0 Å². The second kappa shape index (κ2) is 8.55. The number of aromatic nitrogens is 2. The number of carbonyl (C=O) groups is 1. The number of carbonyl (C=O) groups excluding carboxylic acids is 1. The molecule has 5 heteroatoms. The summed E-state index contributed by atoms with van der Waals surface area (Å²) < 4.78 is 0. The van der Waals surface area contributed by atoms with Crippen molar-refractivity contribution >= 4 is 5.91 Å². The Labute approximate surface area is 143 Å². The maximum absolute atomic E-state index is 12.0. The van der Waals surface area contributed by atoms with E-state index in [-0.39, 0.29) is 5.91 Å². The smallest absolute Gasteiger partial charge is 0.220 e. The third-order valence-electron chi connectivity index (χ3n) is 4.43. The van der Waals surface area contributed by atoms with Crippen molar-refractivity contribution in [1.82, 2.24) is 20.2 Å². The van der Waals surface area contributed by atoms with Crippen molar-refractivity contribution < 1.29 is 4.79 Å². The predicted molar refractivity (Wildman–Crippen MR) is 93.2 cm³/mol. The number of hydrogen-bond acceptors (Lipinski definition) is 4. The summed E-state index contributed by atoms with van der Waals surface area (Å²) in [5.74, 6) is 0.649. The fraction of sp³-hybridized carbons (Fsp3) is 0.421. The van der Waals surface area contributed by atoms with Crippen molar-refractivity contribution in [3.63, 3.8) is 0 Å². The van der Waals surface area contributed by atoms with Gasteiger partial charge in [-0.3, -0.25) is 19.7 Å². The van der Waals surface area contributed by atoms with Crippen LogP contribution in [0.3, 0.4) is 0 Å². The largest absolute Gasteiger partial charge is 0.356 e. The van der Waals surface area contributed by atoms with Crippen LogP contribution < -0.4 is 5.32 Å². The first-order valence-electron chi connectivity index (χ1n) is 8.57. The van der Waals surface area contributed by atoms with E-state index in [2.05, 4.69) is 44.5 Å². The summed E-state index contributed by atoms with van der Waals surface area (Å²) in [7, 11) is 0. The first-order chi connectivity index (χ1) is 11.8. The van der Waals surface area contributed by atoms with E-state index >= 15 is 0 Å². The Balaban J connectivity index is 1.34. The van der Waals surface area contributed by atoms with Crippen LogP contribution in [-0.2, 0) is 17.8 Å². The molecule has 24 heavy (non-hydrogen) atoms. The lowest BCUT2D eigenvalue weighted by atomic mass is 10.1. The molecular formula is C19H24N4O. The third kappa shape index (κ3) is 5.13. The van der Waals surface area contributed by atoms with Gasteiger partial charge in [-0.2, -0.15) is 0 Å². The molecule has 0 radical (unpaired) electrons. The highest BCUT2D eigenvalue weighted by atomic mass is 16.1. The summed E-state index contributed by atoms with van der Waals surface area (Å²) in [6.07, 6.45) is 7.28. The van der Waals surface area contributed by atoms with Gasteiger partial charge in [-0.15, -0.1) is 0 Å². The molecule has 1 atom stereocenters. The molecule has 2 heterocycles. The average molecular weight is 324 g/mol. The molecular weight excluding hydrogens is 300 g/mol. The Bertz CT molecular complexity index is 632. The minimum Gasteiger partial charge on any atom is -0.356 e. The van der Waals surface area contributed by atoms with Crippen molar-refractivity contribution in [2.75, 3.05) is 19.6 Å². The Morgan fingerprint density at radius 2 is 2.12 bits per heavy atom. The van der Waals surface area contributed by atoms with E-state index in [0.29, 0.717) is 18.8 Å². The van der Waals surface area contributed by atoms with Gasteiger partial charge >= 0.3 is 0 Å². The maximum Gasteiger partial charge on any atom is 0.220 e. The molecule has 0 saturated carbocycles. The molecule has 3 rings (SSSR count). The van der Waals surface area contributed by atoms with Crippen molar-refractivity contribution in [3.05, 3.63) is 60.2 Å². The van der Waals surface area contributed by atoms with E-state index in [1.807, 2.05) is 6.07 Å². The fourth-order valence-corrected chi connectivity index (χ4v) is 3.11. The monoisotopic (exact) mass is 324 g/mol. The van der Waals surface area contributed by atoms with E-state index in [1.54, 1.807) is 18.6 Å². The van der Waals surface area contributed by atoms with Crippen LogP contribution in [0.5, 0.6) is 0 Å². The first-order valence-corrected chi connectivity index (χ1v) is 8.57. The lowest BCUT2D eigenvalue weighted by molar-refractivity contribution is -0.121. The van der Waals surface area contributed by atoms with E-state index < -0.39 is 0 Å². The van der Waals surface area contributed by atoms with Crippen LogP contribution >= 0.6 is 0 Å². The predicted octanol–water partition coefficient (Wildman–Crippen LogP) is 2.05. The van der Waals surface area contributed by atoms with Gasteiger partial charge in [-0.25, -0.2) is 0 Å². The van der Waals surface area contributed by atoms with Crippen molar-refractivity contribution in [2.24, 2.45) is 5.92 Å². The minimum absolute atomic E-state index is 0.0992. The number of benzene rings is 1. The number of aryl methyl sites for hydroxylation is 1. The van der Waals surface area contributed by atoms with Crippen LogP contribution in [0.1, 0.15) is 24.1 Å². The molecule has 1 amide bonds. The standard InChI is InChI=1S/C19H24N4O/c24-19(7-6-18-13-20-9-10-21-18)22-12-17-8-11-23(15-17)14-16-4-2-1-3-5-16/h1-5,9-10,13,17H,6-8,11-12,14-15H2,(H,22,24)/t17-/m1/s1. The van der Waals surface area contributed by atoms with E-state index in [4.69, 9.17) is 0 Å². The summed E-state index contributed by atoms with van der Waals surface area (Å²) in [5, 5.41) is 3.07. The van der Waals surface area contributed by atoms with Gasteiger partial charge in [0, 0.05) is 44.6 Å². The van der Waals surface area contributed by atoms with Crippen LogP contribution in [0.4, 0.5) is 0 Å². The molecule has 1 aromatic carbocycles. The minimum atomic E-state index is 0.0992. The first kappa shape index (κ1) is 16.6. The number of likely N-dealkylation sites (tertiary alicyclic amines) is 1. The molecule has 1 aliphatic heterocycles. The molecule has 1 saturated heterocycles. The second-order valence-corrected chi connectivity index (χ2v) is 6.38. The van der Waals surface area contributed by atoms with Gasteiger partial charge < -0.3 is 5.32 Å². The Morgan fingerprint density at radius 3 is 2.92 bits per heavy atom. The molecule has 0 spiro atoms. The molecule has 2 aromatic rings. The SMILES string of the molecule is O=C(CCc1cnccn1)NC[C@H]1CCN(Cc2ccccc2)C1. The van der Waals surface area contributed by atoms with Crippen molar-refractivity contribution in [2.45, 2.75) is 25.8 Å². The zero-order chi connectivity index (χ0) is 16.6. The topological polar surface area (TPSA) is 58.1 Å². The molecule has 5 nitrogen and oxygen atoms in total. The molecule has 126 valence electrons. The van der Waals surface area contributed by atoms with Gasteiger partial charge in [-0.1, -0.05) is 30.3 Å². The highest BCUT2D eigenvalue weighted by Gasteiger charge is 2.22. The Morgan fingerprint density at radius 1 is 1.25 bits per heavy atom. The Hall–Kier alpha value is -2.27. The normalized spacial score (nSPS) is 17.8. The van der Waals surface area contributed by atoms with E-state index in [0.717, 1.165) is 38.3 Å². The second-order valence-electron chi connectivity index (χ2n) is 6.38. The average Bonchev–Trinajstić information content (AvgIpc) is 3.07. The molecule has 1 N–H and O–H groups in total. The van der Waals surface area contributed by atoms with Gasteiger partial charge in [0.15, 0.2) is 0 Å². The Kier molecular flexibility index (Phi) is 5.90. The lowest BCUT2D eigenvalue weighted by Crippen LogP contribution is -2.31. The zero-order valence-corrected chi connectivity index (χ0v) is 13.9. The number of nitrogens with one attached hydrogen (secondary N) is 1. The highest BCUT2D eigenvalue weighted by Crippen LogP contribution is 2.18. The van der Waals surface area contributed by atoms with Gasteiger partial charge in [-0.05, 0) is 30.9 Å². The van der Waals surface area contributed by atoms with Gasteiger partial charge in [0.25, 0.3) is 0 Å². The zero-order valence-electron chi connectivity index (χ0n) is 13.9. The van der Waals surface area contributed by atoms with Crippen LogP contribution in [0.25, 0.3) is 0 Å². The van der Waals surface area contributed by atoms with Crippen LogP contribution in [0, 0.1) is 5.92 Å². The van der Waals surface area contributed by atoms with Gasteiger partial charge in [0.1, 0.15) is 0 Å². The summed E-state index contributed by atoms with van der Waals surface area (Å²) in [4.78, 5) is 22.6. The van der Waals surface area contributed by atoms with Gasteiger partial charge in [0.2, 0.25) is 5.91 Å². The summed E-state index contributed by atoms with van der Waals surface area (Å²) >= 11 is 0. The molecule has 0 bridgehead atoms. The van der Waals surface area contributed by atoms with Crippen molar-refractivity contribution in [3.8, 4) is 0 Å². The van der Waals surface area contributed by atoms with Gasteiger partial charge in [0.05, 0.1) is 5.69 Å². The number of nitrogens with zero attached hydrogens (tertiary/aromatic N) is 3. The van der Waals surface area contributed by atoms with E-state index in [1.165, 1.54) is 5.56 Å².